The fraction of sp³-hybridized carbons (Fsp3) is 0.462. The first kappa shape index (κ1) is 28.4. The maximum absolute atomic E-state index is 13.6. The van der Waals surface area contributed by atoms with Gasteiger partial charge in [0.25, 0.3) is 5.79 Å². The van der Waals surface area contributed by atoms with Crippen LogP contribution in [0.25, 0.3) is 0 Å². The summed E-state index contributed by atoms with van der Waals surface area (Å²) in [4.78, 5) is 27.2. The molecule has 0 radical (unpaired) electrons. The zero-order chi connectivity index (χ0) is 29.1. The van der Waals surface area contributed by atoms with E-state index in [9.17, 15) is 50.4 Å². The van der Waals surface area contributed by atoms with Crippen molar-refractivity contribution in [3.8, 4) is 17.2 Å². The van der Waals surface area contributed by atoms with Gasteiger partial charge in [-0.25, -0.2) is 0 Å². The van der Waals surface area contributed by atoms with Gasteiger partial charge < -0.3 is 59.8 Å². The van der Waals surface area contributed by atoms with E-state index in [0.29, 0.717) is 5.56 Å². The van der Waals surface area contributed by atoms with Crippen molar-refractivity contribution in [3.63, 3.8) is 0 Å². The lowest BCUT2D eigenvalue weighted by atomic mass is 9.82. The van der Waals surface area contributed by atoms with Gasteiger partial charge in [-0.05, 0) is 30.7 Å². The zero-order valence-electron chi connectivity index (χ0n) is 21.1. The van der Waals surface area contributed by atoms with Crippen molar-refractivity contribution in [2.24, 2.45) is 0 Å². The molecule has 5 rings (SSSR count). The van der Waals surface area contributed by atoms with E-state index in [1.807, 2.05) is 0 Å². The van der Waals surface area contributed by atoms with Crippen LogP contribution in [0.2, 0.25) is 0 Å². The predicted molar refractivity (Wildman–Crippen MR) is 129 cm³/mol. The molecule has 2 fully saturated rings. The number of aryl methyl sites for hydroxylation is 1. The molecule has 0 spiro atoms. The highest BCUT2D eigenvalue weighted by Crippen LogP contribution is 2.42. The number of fused-ring (bicyclic) bond motifs is 2. The number of rotatable bonds is 6. The van der Waals surface area contributed by atoms with Crippen LogP contribution in [-0.2, 0) is 9.47 Å². The Morgan fingerprint density at radius 3 is 2.30 bits per heavy atom. The minimum Gasteiger partial charge on any atom is -0.507 e. The number of carbonyl (C=O) groups is 2. The molecule has 0 bridgehead atoms. The van der Waals surface area contributed by atoms with E-state index in [1.165, 1.54) is 12.1 Å². The fourth-order valence-electron chi connectivity index (χ4n) is 4.99. The molecule has 0 aromatic heterocycles. The average molecular weight is 564 g/mol. The maximum atomic E-state index is 13.6. The Kier molecular flexibility index (Phi) is 7.11. The smallest absolute Gasteiger partial charge is 0.265 e. The molecule has 0 unspecified atom stereocenters. The van der Waals surface area contributed by atoms with E-state index in [0.717, 1.165) is 12.1 Å². The summed E-state index contributed by atoms with van der Waals surface area (Å²) in [5, 5.41) is 82.0. The highest BCUT2D eigenvalue weighted by atomic mass is 16.7. The molecule has 0 amide bonds. The maximum Gasteiger partial charge on any atom is 0.265 e. The standard InChI is InChI=1S/C26H28O14/c1-10-2-12-17(14(29)3-10)21(32)18-13(19(12)30)4-11(40-26(36)9-37-8-25(26,35)7-28)5-15(18)38-24-23(34)22(33)20(31)16(6-27)39-24/h2-5,16,20,22-24,27-29,31,33-36H,6-9H2,1H3/t16-,20-,22+,23-,24-,25-,26-/m1/s1. The van der Waals surface area contributed by atoms with Gasteiger partial charge in [-0.2, -0.15) is 0 Å². The van der Waals surface area contributed by atoms with Crippen LogP contribution in [-0.4, -0.2) is 121 Å². The number of hydrogen-bond donors (Lipinski definition) is 8. The number of carbonyl (C=O) groups excluding carboxylic acids is 2. The molecule has 2 aromatic carbocycles. The first-order valence-corrected chi connectivity index (χ1v) is 12.2. The Labute approximate surface area is 226 Å². The van der Waals surface area contributed by atoms with Crippen LogP contribution in [0.5, 0.6) is 17.2 Å². The molecule has 2 aromatic rings. The summed E-state index contributed by atoms with van der Waals surface area (Å²) in [6.45, 7) is -1.18. The third-order valence-corrected chi connectivity index (χ3v) is 7.29. The summed E-state index contributed by atoms with van der Waals surface area (Å²) in [5.74, 6) is -5.34. The summed E-state index contributed by atoms with van der Waals surface area (Å²) < 4.78 is 21.8. The number of ether oxygens (including phenoxy) is 4. The van der Waals surface area contributed by atoms with Crippen LogP contribution in [0.3, 0.4) is 0 Å². The Morgan fingerprint density at radius 1 is 0.925 bits per heavy atom. The second-order valence-electron chi connectivity index (χ2n) is 10.1. The number of aliphatic hydroxyl groups is 7. The Balaban J connectivity index is 1.63. The third-order valence-electron chi connectivity index (χ3n) is 7.29. The normalized spacial score (nSPS) is 33.5. The fourth-order valence-corrected chi connectivity index (χ4v) is 4.99. The van der Waals surface area contributed by atoms with Crippen molar-refractivity contribution in [3.05, 3.63) is 52.1 Å². The molecular formula is C26H28O14. The molecule has 1 aliphatic carbocycles. The van der Waals surface area contributed by atoms with Gasteiger partial charge in [0.1, 0.15) is 48.3 Å². The molecule has 14 heteroatoms. The molecule has 7 atom stereocenters. The molecule has 40 heavy (non-hydrogen) atoms. The molecule has 2 heterocycles. The molecule has 3 aliphatic rings. The summed E-state index contributed by atoms with van der Waals surface area (Å²) in [5.41, 5.74) is -2.89. The number of ketones is 2. The van der Waals surface area contributed by atoms with Gasteiger partial charge >= 0.3 is 0 Å². The van der Waals surface area contributed by atoms with Crippen molar-refractivity contribution < 1.29 is 69.4 Å². The minimum absolute atomic E-state index is 0.124. The molecule has 2 aliphatic heterocycles. The second-order valence-corrected chi connectivity index (χ2v) is 10.1. The molecule has 14 nitrogen and oxygen atoms in total. The highest BCUT2D eigenvalue weighted by Gasteiger charge is 2.57. The number of phenols is 1. The summed E-state index contributed by atoms with van der Waals surface area (Å²) in [7, 11) is 0. The Hall–Kier alpha value is -3.18. The van der Waals surface area contributed by atoms with E-state index in [4.69, 9.17) is 18.9 Å². The first-order valence-electron chi connectivity index (χ1n) is 12.2. The van der Waals surface area contributed by atoms with Crippen molar-refractivity contribution in [1.82, 2.24) is 0 Å². The van der Waals surface area contributed by atoms with E-state index in [-0.39, 0.29) is 28.0 Å². The van der Waals surface area contributed by atoms with Crippen molar-refractivity contribution in [1.29, 1.82) is 0 Å². The highest BCUT2D eigenvalue weighted by molar-refractivity contribution is 6.30. The van der Waals surface area contributed by atoms with E-state index in [1.54, 1.807) is 6.92 Å². The van der Waals surface area contributed by atoms with Crippen LogP contribution in [0.4, 0.5) is 0 Å². The van der Waals surface area contributed by atoms with Crippen molar-refractivity contribution in [2.45, 2.75) is 49.0 Å². The van der Waals surface area contributed by atoms with Gasteiger partial charge in [-0.15, -0.1) is 0 Å². The summed E-state index contributed by atoms with van der Waals surface area (Å²) in [6.07, 6.45) is -8.56. The van der Waals surface area contributed by atoms with E-state index in [2.05, 4.69) is 0 Å². The van der Waals surface area contributed by atoms with Gasteiger partial charge in [-0.3, -0.25) is 9.59 Å². The zero-order valence-corrected chi connectivity index (χ0v) is 21.1. The number of phenolic OH excluding ortho intramolecular Hbond substituents is 1. The van der Waals surface area contributed by atoms with Gasteiger partial charge in [0.15, 0.2) is 11.4 Å². The molecule has 8 N–H and O–H groups in total. The lowest BCUT2D eigenvalue weighted by Gasteiger charge is -2.40. The van der Waals surface area contributed by atoms with E-state index >= 15 is 0 Å². The van der Waals surface area contributed by atoms with Crippen LogP contribution in [0, 0.1) is 6.92 Å². The van der Waals surface area contributed by atoms with Crippen LogP contribution in [0.15, 0.2) is 24.3 Å². The monoisotopic (exact) mass is 564 g/mol. The van der Waals surface area contributed by atoms with Crippen LogP contribution >= 0.6 is 0 Å². The minimum atomic E-state index is -2.50. The predicted octanol–water partition coefficient (Wildman–Crippen LogP) is -2.52. The lowest BCUT2D eigenvalue weighted by Crippen LogP contribution is -2.60. The number of benzene rings is 2. The Morgan fingerprint density at radius 2 is 1.62 bits per heavy atom. The molecule has 0 saturated carbocycles. The Bertz CT molecular complexity index is 1360. The summed E-state index contributed by atoms with van der Waals surface area (Å²) in [6, 6.07) is 4.80. The number of aromatic hydroxyl groups is 1. The number of hydrogen-bond acceptors (Lipinski definition) is 14. The average Bonchev–Trinajstić information content (AvgIpc) is 3.20. The SMILES string of the molecule is Cc1cc(O)c2c(c1)C(=O)c1cc(O[C@]3(O)COC[C@]3(O)CO)cc(O[C@@H]3O[C@H](CO)[C@@H](O)[C@H](O)[C@H]3O)c1C2=O. The van der Waals surface area contributed by atoms with E-state index < -0.39 is 91.6 Å². The lowest BCUT2D eigenvalue weighted by molar-refractivity contribution is -0.277. The quantitative estimate of drug-likeness (QED) is 0.144. The van der Waals surface area contributed by atoms with Crippen LogP contribution in [0.1, 0.15) is 37.4 Å². The third kappa shape index (κ3) is 4.34. The van der Waals surface area contributed by atoms with Gasteiger partial charge in [0.2, 0.25) is 12.1 Å². The molecule has 216 valence electrons. The molecule has 2 saturated heterocycles. The largest absolute Gasteiger partial charge is 0.507 e. The molecular weight excluding hydrogens is 536 g/mol. The van der Waals surface area contributed by atoms with Crippen molar-refractivity contribution >= 4 is 11.6 Å². The first-order chi connectivity index (χ1) is 18.8. The van der Waals surface area contributed by atoms with Crippen molar-refractivity contribution in [2.75, 3.05) is 26.4 Å². The van der Waals surface area contributed by atoms with Gasteiger partial charge in [-0.1, -0.05) is 0 Å². The van der Waals surface area contributed by atoms with Gasteiger partial charge in [0.05, 0.1) is 30.9 Å². The second kappa shape index (κ2) is 10.0. The summed E-state index contributed by atoms with van der Waals surface area (Å²) >= 11 is 0. The van der Waals surface area contributed by atoms with Crippen LogP contribution < -0.4 is 9.47 Å². The topological polar surface area (TPSA) is 233 Å². The van der Waals surface area contributed by atoms with Gasteiger partial charge in [0, 0.05) is 17.2 Å². The number of aliphatic hydroxyl groups excluding tert-OH is 5.